The molecule has 114 valence electrons. The first-order valence-electron chi connectivity index (χ1n) is 7.89. The molecular weight excluding hydrogens is 280 g/mol. The molecule has 0 atom stereocenters. The standard InChI is InChI=1S/C16H24N4S/c1-11(2)10-19-5-7-20(8-6-19)16-14(12-3-4-12)15(18)13(9-17)21-16/h11-12H,3-8,10,18H2,1-2H3. The number of nitriles is 1. The third-order valence-electron chi connectivity index (χ3n) is 4.33. The lowest BCUT2D eigenvalue weighted by Crippen LogP contribution is -2.47. The summed E-state index contributed by atoms with van der Waals surface area (Å²) in [5, 5.41) is 10.5. The van der Waals surface area contributed by atoms with Gasteiger partial charge in [-0.1, -0.05) is 13.8 Å². The molecular formula is C16H24N4S. The van der Waals surface area contributed by atoms with Crippen LogP contribution in [0.2, 0.25) is 0 Å². The molecule has 2 N–H and O–H groups in total. The van der Waals surface area contributed by atoms with E-state index in [1.54, 1.807) is 11.3 Å². The number of nitrogen functional groups attached to an aromatic ring is 1. The molecule has 2 aliphatic rings. The summed E-state index contributed by atoms with van der Waals surface area (Å²) in [7, 11) is 0. The number of hydrogen-bond donors (Lipinski definition) is 1. The van der Waals surface area contributed by atoms with E-state index >= 15 is 0 Å². The van der Waals surface area contributed by atoms with Crippen LogP contribution in [-0.2, 0) is 0 Å². The molecule has 0 aromatic carbocycles. The lowest BCUT2D eigenvalue weighted by molar-refractivity contribution is 0.231. The molecule has 0 unspecified atom stereocenters. The summed E-state index contributed by atoms with van der Waals surface area (Å²) < 4.78 is 0. The largest absolute Gasteiger partial charge is 0.397 e. The molecule has 0 spiro atoms. The SMILES string of the molecule is CC(C)CN1CCN(c2sc(C#N)c(N)c2C2CC2)CC1. The number of piperazine rings is 1. The van der Waals surface area contributed by atoms with Crippen LogP contribution < -0.4 is 10.6 Å². The van der Waals surface area contributed by atoms with Gasteiger partial charge in [-0.3, -0.25) is 4.90 Å². The molecule has 1 aliphatic heterocycles. The Bertz CT molecular complexity index is 545. The van der Waals surface area contributed by atoms with E-state index in [4.69, 9.17) is 5.73 Å². The van der Waals surface area contributed by atoms with Crippen molar-refractivity contribution in [2.45, 2.75) is 32.6 Å². The number of anilines is 2. The number of rotatable bonds is 4. The molecule has 21 heavy (non-hydrogen) atoms. The van der Waals surface area contributed by atoms with E-state index in [0.29, 0.717) is 10.8 Å². The highest BCUT2D eigenvalue weighted by atomic mass is 32.1. The fourth-order valence-electron chi connectivity index (χ4n) is 3.18. The van der Waals surface area contributed by atoms with Gasteiger partial charge in [-0.05, 0) is 24.7 Å². The average Bonchev–Trinajstić information content (AvgIpc) is 3.23. The normalized spacial score (nSPS) is 20.0. The molecule has 1 aliphatic carbocycles. The Balaban J connectivity index is 1.75. The number of thiophene rings is 1. The van der Waals surface area contributed by atoms with Crippen molar-refractivity contribution < 1.29 is 0 Å². The Hall–Kier alpha value is -1.25. The van der Waals surface area contributed by atoms with Crippen molar-refractivity contribution in [3.63, 3.8) is 0 Å². The van der Waals surface area contributed by atoms with E-state index in [1.807, 2.05) is 0 Å². The van der Waals surface area contributed by atoms with E-state index in [1.165, 1.54) is 30.0 Å². The second-order valence-corrected chi connectivity index (χ2v) is 7.63. The molecule has 2 fully saturated rings. The van der Waals surface area contributed by atoms with E-state index in [2.05, 4.69) is 29.7 Å². The minimum atomic E-state index is 0.604. The minimum absolute atomic E-state index is 0.604. The Labute approximate surface area is 131 Å². The van der Waals surface area contributed by atoms with Crippen molar-refractivity contribution in [1.82, 2.24) is 4.90 Å². The van der Waals surface area contributed by atoms with E-state index in [0.717, 1.165) is 37.8 Å². The Morgan fingerprint density at radius 3 is 2.48 bits per heavy atom. The van der Waals surface area contributed by atoms with Gasteiger partial charge in [-0.2, -0.15) is 5.26 Å². The Kier molecular flexibility index (Phi) is 4.10. The molecule has 1 saturated heterocycles. The fraction of sp³-hybridized carbons (Fsp3) is 0.688. The molecule has 4 nitrogen and oxygen atoms in total. The van der Waals surface area contributed by atoms with Crippen LogP contribution in [0, 0.1) is 17.2 Å². The Morgan fingerprint density at radius 2 is 1.95 bits per heavy atom. The predicted molar refractivity (Wildman–Crippen MR) is 88.9 cm³/mol. The summed E-state index contributed by atoms with van der Waals surface area (Å²) >= 11 is 1.60. The quantitative estimate of drug-likeness (QED) is 0.929. The molecule has 0 amide bonds. The van der Waals surface area contributed by atoms with Crippen molar-refractivity contribution in [2.24, 2.45) is 5.92 Å². The highest BCUT2D eigenvalue weighted by Gasteiger charge is 2.34. The molecule has 0 bridgehead atoms. The second kappa shape index (κ2) is 5.86. The third kappa shape index (κ3) is 3.02. The van der Waals surface area contributed by atoms with Gasteiger partial charge in [0, 0.05) is 38.3 Å². The van der Waals surface area contributed by atoms with E-state index in [9.17, 15) is 5.26 Å². The lowest BCUT2D eigenvalue weighted by Gasteiger charge is -2.36. The van der Waals surface area contributed by atoms with Gasteiger partial charge in [0.1, 0.15) is 10.9 Å². The molecule has 3 rings (SSSR count). The van der Waals surface area contributed by atoms with Gasteiger partial charge in [-0.15, -0.1) is 11.3 Å². The Morgan fingerprint density at radius 1 is 1.29 bits per heavy atom. The zero-order valence-electron chi connectivity index (χ0n) is 12.9. The summed E-state index contributed by atoms with van der Waals surface area (Å²) in [6.07, 6.45) is 2.46. The summed E-state index contributed by atoms with van der Waals surface area (Å²) in [4.78, 5) is 5.70. The van der Waals surface area contributed by atoms with Gasteiger partial charge in [0.05, 0.1) is 10.7 Å². The van der Waals surface area contributed by atoms with Crippen LogP contribution in [0.3, 0.4) is 0 Å². The fourth-order valence-corrected chi connectivity index (χ4v) is 4.34. The van der Waals surface area contributed by atoms with Crippen LogP contribution in [0.4, 0.5) is 10.7 Å². The van der Waals surface area contributed by atoms with Gasteiger partial charge in [0.25, 0.3) is 0 Å². The van der Waals surface area contributed by atoms with E-state index in [-0.39, 0.29) is 0 Å². The number of hydrogen-bond acceptors (Lipinski definition) is 5. The summed E-state index contributed by atoms with van der Waals surface area (Å²) in [6, 6.07) is 2.27. The second-order valence-electron chi connectivity index (χ2n) is 6.63. The maximum Gasteiger partial charge on any atom is 0.130 e. The van der Waals surface area contributed by atoms with Crippen molar-refractivity contribution >= 4 is 22.0 Å². The van der Waals surface area contributed by atoms with Crippen LogP contribution in [0.1, 0.15) is 43.0 Å². The maximum absolute atomic E-state index is 9.25. The van der Waals surface area contributed by atoms with Crippen LogP contribution >= 0.6 is 11.3 Å². The van der Waals surface area contributed by atoms with Gasteiger partial charge in [0.2, 0.25) is 0 Å². The predicted octanol–water partition coefficient (Wildman–Crippen LogP) is 2.86. The average molecular weight is 304 g/mol. The summed E-state index contributed by atoms with van der Waals surface area (Å²) in [5.74, 6) is 1.33. The molecule has 1 aromatic heterocycles. The van der Waals surface area contributed by atoms with Crippen LogP contribution in [0.15, 0.2) is 0 Å². The van der Waals surface area contributed by atoms with Crippen molar-refractivity contribution in [3.05, 3.63) is 10.4 Å². The highest BCUT2D eigenvalue weighted by Crippen LogP contribution is 2.51. The first-order chi connectivity index (χ1) is 10.1. The van der Waals surface area contributed by atoms with Crippen LogP contribution in [0.25, 0.3) is 0 Å². The van der Waals surface area contributed by atoms with Gasteiger partial charge in [-0.25, -0.2) is 0 Å². The van der Waals surface area contributed by atoms with Crippen LogP contribution in [-0.4, -0.2) is 37.6 Å². The smallest absolute Gasteiger partial charge is 0.130 e. The molecule has 2 heterocycles. The summed E-state index contributed by atoms with van der Waals surface area (Å²) in [6.45, 7) is 10.1. The van der Waals surface area contributed by atoms with Gasteiger partial charge < -0.3 is 10.6 Å². The summed E-state index contributed by atoms with van der Waals surface area (Å²) in [5.41, 5.74) is 8.23. The molecule has 1 saturated carbocycles. The van der Waals surface area contributed by atoms with Gasteiger partial charge in [0.15, 0.2) is 0 Å². The highest BCUT2D eigenvalue weighted by molar-refractivity contribution is 7.17. The zero-order valence-corrected chi connectivity index (χ0v) is 13.7. The molecule has 1 aromatic rings. The zero-order chi connectivity index (χ0) is 15.0. The molecule has 0 radical (unpaired) electrons. The van der Waals surface area contributed by atoms with Crippen LogP contribution in [0.5, 0.6) is 0 Å². The number of nitrogens with two attached hydrogens (primary N) is 1. The van der Waals surface area contributed by atoms with Crippen molar-refractivity contribution in [1.29, 1.82) is 5.26 Å². The monoisotopic (exact) mass is 304 g/mol. The first-order valence-corrected chi connectivity index (χ1v) is 8.71. The van der Waals surface area contributed by atoms with E-state index < -0.39 is 0 Å². The molecule has 5 heteroatoms. The maximum atomic E-state index is 9.25. The minimum Gasteiger partial charge on any atom is -0.397 e. The topological polar surface area (TPSA) is 56.3 Å². The number of nitrogens with zero attached hydrogens (tertiary/aromatic N) is 3. The van der Waals surface area contributed by atoms with Crippen molar-refractivity contribution in [2.75, 3.05) is 43.4 Å². The lowest BCUT2D eigenvalue weighted by atomic mass is 10.1. The van der Waals surface area contributed by atoms with Crippen molar-refractivity contribution in [3.8, 4) is 6.07 Å². The third-order valence-corrected chi connectivity index (χ3v) is 5.52. The first kappa shape index (κ1) is 14.7. The van der Waals surface area contributed by atoms with Gasteiger partial charge >= 0.3 is 0 Å².